The Morgan fingerprint density at radius 3 is 2.71 bits per heavy atom. The average molecular weight is 306 g/mol. The first-order valence-electron chi connectivity index (χ1n) is 6.57. The molecule has 112 valence electrons. The molecule has 8 heteroatoms. The van der Waals surface area contributed by atoms with Crippen LogP contribution in [0.1, 0.15) is 35.6 Å². The topological polar surface area (TPSA) is 83.3 Å². The van der Waals surface area contributed by atoms with Crippen molar-refractivity contribution in [1.29, 1.82) is 0 Å². The first-order valence-corrected chi connectivity index (χ1v) is 6.98. The zero-order chi connectivity index (χ0) is 15.6. The average Bonchev–Trinajstić information content (AvgIpc) is 2.77. The third-order valence-corrected chi connectivity index (χ3v) is 3.02. The number of aryl methyl sites for hydroxylation is 2. The van der Waals surface area contributed by atoms with Gasteiger partial charge in [-0.1, -0.05) is 0 Å². The summed E-state index contributed by atoms with van der Waals surface area (Å²) in [6, 6.07) is 2.04. The van der Waals surface area contributed by atoms with Crippen molar-refractivity contribution in [2.45, 2.75) is 33.7 Å². The van der Waals surface area contributed by atoms with E-state index in [2.05, 4.69) is 26.3 Å². The van der Waals surface area contributed by atoms with Crippen molar-refractivity contribution in [3.8, 4) is 0 Å². The van der Waals surface area contributed by atoms with Gasteiger partial charge in [-0.25, -0.2) is 9.50 Å². The summed E-state index contributed by atoms with van der Waals surface area (Å²) in [4.78, 5) is 16.4. The largest absolute Gasteiger partial charge is 0.359 e. The van der Waals surface area contributed by atoms with E-state index >= 15 is 0 Å². The highest BCUT2D eigenvalue weighted by molar-refractivity contribution is 7.80. The second kappa shape index (κ2) is 6.04. The van der Waals surface area contributed by atoms with Gasteiger partial charge >= 0.3 is 0 Å². The molecule has 0 fully saturated rings. The van der Waals surface area contributed by atoms with E-state index < -0.39 is 0 Å². The van der Waals surface area contributed by atoms with Gasteiger partial charge in [-0.05, 0) is 39.9 Å². The first-order chi connectivity index (χ1) is 9.88. The molecule has 1 amide bonds. The Bertz CT molecular complexity index is 693. The fourth-order valence-corrected chi connectivity index (χ4v) is 2.15. The predicted octanol–water partition coefficient (Wildman–Crippen LogP) is 0.863. The molecule has 2 aromatic heterocycles. The lowest BCUT2D eigenvalue weighted by molar-refractivity contribution is 0.0942. The number of hydrazine groups is 1. The van der Waals surface area contributed by atoms with Crippen molar-refractivity contribution < 1.29 is 4.79 Å². The quantitative estimate of drug-likeness (QED) is 0.564. The van der Waals surface area contributed by atoms with Crippen molar-refractivity contribution >= 4 is 28.9 Å². The second-order valence-electron chi connectivity index (χ2n) is 5.02. The van der Waals surface area contributed by atoms with Crippen LogP contribution in [0.4, 0.5) is 0 Å². The van der Waals surface area contributed by atoms with Crippen LogP contribution in [0.5, 0.6) is 0 Å². The number of thiocarbonyl (C=S) groups is 1. The number of nitrogens with one attached hydrogen (secondary N) is 3. The summed E-state index contributed by atoms with van der Waals surface area (Å²) in [5.41, 5.74) is 7.92. The molecular formula is C13H18N6OS. The molecule has 2 aromatic rings. The van der Waals surface area contributed by atoms with Gasteiger partial charge in [-0.2, -0.15) is 5.10 Å². The van der Waals surface area contributed by atoms with Crippen LogP contribution in [0.3, 0.4) is 0 Å². The normalized spacial score (nSPS) is 10.7. The number of carbonyl (C=O) groups is 1. The molecule has 0 radical (unpaired) electrons. The van der Waals surface area contributed by atoms with E-state index in [9.17, 15) is 4.79 Å². The molecule has 0 aliphatic rings. The predicted molar refractivity (Wildman–Crippen MR) is 83.9 cm³/mol. The summed E-state index contributed by atoms with van der Waals surface area (Å²) in [5.74, 6) is -0.317. The highest BCUT2D eigenvalue weighted by atomic mass is 32.1. The van der Waals surface area contributed by atoms with Gasteiger partial charge < -0.3 is 5.32 Å². The van der Waals surface area contributed by atoms with Crippen LogP contribution >= 0.6 is 12.2 Å². The molecule has 3 N–H and O–H groups in total. The Kier molecular flexibility index (Phi) is 4.37. The Morgan fingerprint density at radius 1 is 1.33 bits per heavy atom. The van der Waals surface area contributed by atoms with E-state index in [-0.39, 0.29) is 11.9 Å². The summed E-state index contributed by atoms with van der Waals surface area (Å²) in [5, 5.41) is 7.64. The lowest BCUT2D eigenvalue weighted by Gasteiger charge is -2.14. The second-order valence-corrected chi connectivity index (χ2v) is 5.43. The molecule has 0 spiro atoms. The number of carbonyl (C=O) groups excluding carboxylic acids is 1. The number of nitrogens with zero attached hydrogens (tertiary/aromatic N) is 3. The minimum atomic E-state index is -0.317. The summed E-state index contributed by atoms with van der Waals surface area (Å²) in [6.45, 7) is 7.61. The molecule has 0 aliphatic carbocycles. The molecule has 0 atom stereocenters. The molecule has 21 heavy (non-hydrogen) atoms. The SMILES string of the molecule is Cc1cc2ncc(C(=O)NNC(=S)NC(C)C)c(C)n2n1. The smallest absolute Gasteiger partial charge is 0.273 e. The minimum absolute atomic E-state index is 0.189. The Balaban J connectivity index is 2.12. The van der Waals surface area contributed by atoms with E-state index in [0.29, 0.717) is 16.3 Å². The van der Waals surface area contributed by atoms with Gasteiger partial charge in [-0.3, -0.25) is 15.6 Å². The van der Waals surface area contributed by atoms with Gasteiger partial charge in [0, 0.05) is 18.3 Å². The maximum absolute atomic E-state index is 12.2. The molecule has 0 aliphatic heterocycles. The summed E-state index contributed by atoms with van der Waals surface area (Å²) in [7, 11) is 0. The Labute approximate surface area is 128 Å². The number of hydrogen-bond donors (Lipinski definition) is 3. The molecular weight excluding hydrogens is 288 g/mol. The van der Waals surface area contributed by atoms with Crippen LogP contribution in [0.15, 0.2) is 12.3 Å². The fraction of sp³-hybridized carbons (Fsp3) is 0.385. The lowest BCUT2D eigenvalue weighted by Crippen LogP contribution is -2.48. The highest BCUT2D eigenvalue weighted by Crippen LogP contribution is 2.10. The molecule has 0 saturated carbocycles. The number of amides is 1. The Morgan fingerprint density at radius 2 is 2.05 bits per heavy atom. The van der Waals surface area contributed by atoms with E-state index in [1.807, 2.05) is 33.8 Å². The molecule has 0 unspecified atom stereocenters. The van der Waals surface area contributed by atoms with Crippen molar-refractivity contribution in [2.75, 3.05) is 0 Å². The van der Waals surface area contributed by atoms with Gasteiger partial charge in [-0.15, -0.1) is 0 Å². The third kappa shape index (κ3) is 3.46. The highest BCUT2D eigenvalue weighted by Gasteiger charge is 2.14. The molecule has 7 nitrogen and oxygen atoms in total. The minimum Gasteiger partial charge on any atom is -0.359 e. The molecule has 2 heterocycles. The van der Waals surface area contributed by atoms with Gasteiger partial charge in [0.2, 0.25) is 0 Å². The summed E-state index contributed by atoms with van der Waals surface area (Å²) in [6.07, 6.45) is 1.53. The number of aromatic nitrogens is 3. The molecule has 0 saturated heterocycles. The molecule has 0 aromatic carbocycles. The van der Waals surface area contributed by atoms with Crippen molar-refractivity contribution in [3.05, 3.63) is 29.2 Å². The van der Waals surface area contributed by atoms with Crippen LogP contribution in [-0.4, -0.2) is 31.7 Å². The zero-order valence-corrected chi connectivity index (χ0v) is 13.2. The van der Waals surface area contributed by atoms with E-state index in [4.69, 9.17) is 12.2 Å². The van der Waals surface area contributed by atoms with E-state index in [1.54, 1.807) is 4.52 Å². The van der Waals surface area contributed by atoms with E-state index in [0.717, 1.165) is 11.4 Å². The van der Waals surface area contributed by atoms with Gasteiger partial charge in [0.05, 0.1) is 17.0 Å². The monoisotopic (exact) mass is 306 g/mol. The summed E-state index contributed by atoms with van der Waals surface area (Å²) < 4.78 is 1.65. The van der Waals surface area contributed by atoms with Crippen LogP contribution in [0, 0.1) is 13.8 Å². The number of fused-ring (bicyclic) bond motifs is 1. The first kappa shape index (κ1) is 15.2. The van der Waals surface area contributed by atoms with Crippen LogP contribution in [-0.2, 0) is 0 Å². The van der Waals surface area contributed by atoms with Crippen molar-refractivity contribution in [3.63, 3.8) is 0 Å². The van der Waals surface area contributed by atoms with Crippen molar-refractivity contribution in [1.82, 2.24) is 30.8 Å². The fourth-order valence-electron chi connectivity index (χ4n) is 1.86. The van der Waals surface area contributed by atoms with Crippen molar-refractivity contribution in [2.24, 2.45) is 0 Å². The number of hydrogen-bond acceptors (Lipinski definition) is 4. The summed E-state index contributed by atoms with van der Waals surface area (Å²) >= 11 is 5.04. The maximum Gasteiger partial charge on any atom is 0.273 e. The third-order valence-electron chi connectivity index (χ3n) is 2.80. The Hall–Kier alpha value is -2.22. The molecule has 0 bridgehead atoms. The lowest BCUT2D eigenvalue weighted by atomic mass is 10.2. The van der Waals surface area contributed by atoms with Gasteiger partial charge in [0.1, 0.15) is 0 Å². The van der Waals surface area contributed by atoms with Gasteiger partial charge in [0.15, 0.2) is 10.8 Å². The van der Waals surface area contributed by atoms with E-state index in [1.165, 1.54) is 6.20 Å². The van der Waals surface area contributed by atoms with Gasteiger partial charge in [0.25, 0.3) is 5.91 Å². The van der Waals surface area contributed by atoms with Crippen LogP contribution < -0.4 is 16.2 Å². The van der Waals surface area contributed by atoms with Crippen LogP contribution in [0.2, 0.25) is 0 Å². The maximum atomic E-state index is 12.2. The molecule has 2 rings (SSSR count). The number of rotatable bonds is 2. The zero-order valence-electron chi connectivity index (χ0n) is 12.4. The van der Waals surface area contributed by atoms with Crippen LogP contribution in [0.25, 0.3) is 5.65 Å². The standard InChI is InChI=1S/C13H18N6OS/c1-7(2)15-13(21)17-16-12(20)10-6-14-11-5-8(3)18-19(11)9(10)4/h5-7H,1-4H3,(H,16,20)(H2,15,17,21).